The molecule has 0 radical (unpaired) electrons. The van der Waals surface area contributed by atoms with Gasteiger partial charge >= 0.3 is 0 Å². The SMILES string of the molecule is CC[C@H](CO)Nc1nc2c(C)cccn2c(=O)c1/C=C1\SC(=S)N(Cc2ccc(OC)cc2)C1=O. The Hall–Kier alpha value is -3.21. The average Bonchev–Trinajstić information content (AvgIpc) is 3.13. The van der Waals surface area contributed by atoms with Gasteiger partial charge in [-0.3, -0.25) is 18.9 Å². The van der Waals surface area contributed by atoms with Gasteiger partial charge in [-0.2, -0.15) is 0 Å². The molecule has 1 atom stereocenters. The fourth-order valence-corrected chi connectivity index (χ4v) is 4.94. The summed E-state index contributed by atoms with van der Waals surface area (Å²) in [6.07, 6.45) is 3.83. The highest BCUT2D eigenvalue weighted by Crippen LogP contribution is 2.34. The van der Waals surface area contributed by atoms with Gasteiger partial charge in [-0.25, -0.2) is 4.98 Å². The lowest BCUT2D eigenvalue weighted by molar-refractivity contribution is -0.122. The second-order valence-corrected chi connectivity index (χ2v) is 9.79. The van der Waals surface area contributed by atoms with Crippen LogP contribution in [0.5, 0.6) is 5.75 Å². The molecule has 3 aromatic rings. The van der Waals surface area contributed by atoms with E-state index >= 15 is 0 Å². The van der Waals surface area contributed by atoms with Crippen molar-refractivity contribution in [2.45, 2.75) is 32.9 Å². The topological polar surface area (TPSA) is 96.2 Å². The summed E-state index contributed by atoms with van der Waals surface area (Å²) in [5, 5.41) is 12.9. The van der Waals surface area contributed by atoms with Crippen LogP contribution >= 0.6 is 24.0 Å². The number of nitrogens with one attached hydrogen (secondary N) is 1. The molecule has 0 unspecified atom stereocenters. The number of aliphatic hydroxyl groups excluding tert-OH is 1. The first-order valence-corrected chi connectivity index (χ1v) is 12.4. The molecule has 1 aliphatic rings. The van der Waals surface area contributed by atoms with Crippen molar-refractivity contribution in [3.05, 3.63) is 74.5 Å². The molecule has 3 heterocycles. The van der Waals surface area contributed by atoms with Crippen molar-refractivity contribution in [3.63, 3.8) is 0 Å². The number of rotatable bonds is 8. The van der Waals surface area contributed by atoms with Crippen molar-refractivity contribution in [1.29, 1.82) is 0 Å². The number of amides is 1. The Morgan fingerprint density at radius 3 is 2.66 bits per heavy atom. The van der Waals surface area contributed by atoms with Crippen LogP contribution in [0, 0.1) is 6.92 Å². The molecule has 1 fully saturated rings. The molecule has 0 spiro atoms. The number of carbonyl (C=O) groups excluding carboxylic acids is 1. The minimum Gasteiger partial charge on any atom is -0.497 e. The molecule has 2 N–H and O–H groups in total. The maximum Gasteiger partial charge on any atom is 0.267 e. The van der Waals surface area contributed by atoms with E-state index in [-0.39, 0.29) is 29.7 Å². The molecule has 4 rings (SSSR count). The fourth-order valence-electron chi connectivity index (χ4n) is 3.70. The molecular weight excluding hydrogens is 484 g/mol. The van der Waals surface area contributed by atoms with Gasteiger partial charge in [0, 0.05) is 6.20 Å². The van der Waals surface area contributed by atoms with Crippen LogP contribution in [-0.2, 0) is 11.3 Å². The summed E-state index contributed by atoms with van der Waals surface area (Å²) >= 11 is 6.63. The van der Waals surface area contributed by atoms with Gasteiger partial charge in [0.2, 0.25) is 0 Å². The lowest BCUT2D eigenvalue weighted by atomic mass is 10.2. The first-order valence-electron chi connectivity index (χ1n) is 11.1. The van der Waals surface area contributed by atoms with Gasteiger partial charge < -0.3 is 15.2 Å². The third-order valence-electron chi connectivity index (χ3n) is 5.79. The van der Waals surface area contributed by atoms with Gasteiger partial charge in [0.1, 0.15) is 21.5 Å². The quantitative estimate of drug-likeness (QED) is 0.351. The van der Waals surface area contributed by atoms with Crippen molar-refractivity contribution >= 4 is 51.7 Å². The normalized spacial score (nSPS) is 15.8. The van der Waals surface area contributed by atoms with Gasteiger partial charge in [0.05, 0.1) is 36.8 Å². The van der Waals surface area contributed by atoms with E-state index in [1.807, 2.05) is 44.2 Å². The highest BCUT2D eigenvalue weighted by molar-refractivity contribution is 8.26. The smallest absolute Gasteiger partial charge is 0.267 e. The third-order valence-corrected chi connectivity index (χ3v) is 7.16. The number of hydrogen-bond acceptors (Lipinski definition) is 8. The van der Waals surface area contributed by atoms with Gasteiger partial charge in [-0.05, 0) is 48.7 Å². The first-order chi connectivity index (χ1) is 16.9. The molecule has 182 valence electrons. The van der Waals surface area contributed by atoms with Crippen LogP contribution in [0.25, 0.3) is 11.7 Å². The van der Waals surface area contributed by atoms with Gasteiger partial charge in [-0.15, -0.1) is 0 Å². The Morgan fingerprint density at radius 2 is 2.00 bits per heavy atom. The maximum atomic E-state index is 13.5. The summed E-state index contributed by atoms with van der Waals surface area (Å²) < 4.78 is 7.07. The number of aromatic nitrogens is 2. The Labute approximate surface area is 212 Å². The highest BCUT2D eigenvalue weighted by Gasteiger charge is 2.33. The molecule has 2 aromatic heterocycles. The van der Waals surface area contributed by atoms with Crippen LogP contribution in [-0.4, -0.2) is 49.4 Å². The maximum absolute atomic E-state index is 13.5. The standard InChI is InChI=1S/C25H26N4O4S2/c1-4-17(14-30)26-21-19(23(31)28-11-5-6-15(2)22(28)27-21)12-20-24(32)29(25(34)35-20)13-16-7-9-18(33-3)10-8-16/h5-12,17,26,30H,4,13-14H2,1-3H3/b20-12-/t17-/m1/s1. The number of pyridine rings is 1. The summed E-state index contributed by atoms with van der Waals surface area (Å²) in [5.41, 5.74) is 2.18. The van der Waals surface area contributed by atoms with Crippen LogP contribution in [0.2, 0.25) is 0 Å². The highest BCUT2D eigenvalue weighted by atomic mass is 32.2. The predicted octanol–water partition coefficient (Wildman–Crippen LogP) is 3.60. The number of aliphatic hydroxyl groups is 1. The molecular formula is C25H26N4O4S2. The Balaban J connectivity index is 1.73. The van der Waals surface area contributed by atoms with E-state index in [2.05, 4.69) is 10.3 Å². The number of carbonyl (C=O) groups is 1. The van der Waals surface area contributed by atoms with E-state index in [0.717, 1.165) is 28.6 Å². The number of benzene rings is 1. The van der Waals surface area contributed by atoms with Crippen molar-refractivity contribution in [1.82, 2.24) is 14.3 Å². The van der Waals surface area contributed by atoms with E-state index in [9.17, 15) is 14.7 Å². The molecule has 0 bridgehead atoms. The fraction of sp³-hybridized carbons (Fsp3) is 0.280. The van der Waals surface area contributed by atoms with Crippen LogP contribution < -0.4 is 15.6 Å². The monoisotopic (exact) mass is 510 g/mol. The summed E-state index contributed by atoms with van der Waals surface area (Å²) in [5.74, 6) is 0.780. The molecule has 1 aromatic carbocycles. The summed E-state index contributed by atoms with van der Waals surface area (Å²) in [7, 11) is 1.60. The number of anilines is 1. The number of nitrogens with zero attached hydrogens (tertiary/aromatic N) is 3. The molecule has 1 saturated heterocycles. The van der Waals surface area contributed by atoms with Crippen LogP contribution in [0.15, 0.2) is 52.3 Å². The molecule has 1 amide bonds. The lowest BCUT2D eigenvalue weighted by Gasteiger charge is -2.18. The summed E-state index contributed by atoms with van der Waals surface area (Å²) in [6, 6.07) is 10.8. The van der Waals surface area contributed by atoms with Crippen molar-refractivity contribution in [2.75, 3.05) is 19.0 Å². The number of ether oxygens (including phenoxy) is 1. The molecule has 8 nitrogen and oxygen atoms in total. The minimum atomic E-state index is -0.311. The number of fused-ring (bicyclic) bond motifs is 1. The Kier molecular flexibility index (Phi) is 7.54. The number of methoxy groups -OCH3 is 1. The number of thioether (sulfide) groups is 1. The number of hydrogen-bond donors (Lipinski definition) is 2. The molecule has 0 aliphatic carbocycles. The summed E-state index contributed by atoms with van der Waals surface area (Å²) in [4.78, 5) is 33.3. The zero-order chi connectivity index (χ0) is 25.1. The zero-order valence-corrected chi connectivity index (χ0v) is 21.3. The summed E-state index contributed by atoms with van der Waals surface area (Å²) in [6.45, 7) is 4.00. The van der Waals surface area contributed by atoms with E-state index in [0.29, 0.717) is 33.7 Å². The van der Waals surface area contributed by atoms with Gasteiger partial charge in [0.25, 0.3) is 11.5 Å². The number of thiocarbonyl (C=S) groups is 1. The van der Waals surface area contributed by atoms with Crippen LogP contribution in [0.4, 0.5) is 5.82 Å². The van der Waals surface area contributed by atoms with Crippen molar-refractivity contribution in [2.24, 2.45) is 0 Å². The first kappa shape index (κ1) is 24.9. The molecule has 0 saturated carbocycles. The van der Waals surface area contributed by atoms with Crippen LogP contribution in [0.1, 0.15) is 30.0 Å². The molecule has 35 heavy (non-hydrogen) atoms. The molecule has 1 aliphatic heterocycles. The van der Waals surface area contributed by atoms with E-state index in [1.54, 1.807) is 25.4 Å². The second kappa shape index (κ2) is 10.6. The van der Waals surface area contributed by atoms with Gasteiger partial charge in [-0.1, -0.05) is 49.1 Å². The largest absolute Gasteiger partial charge is 0.497 e. The second-order valence-electron chi connectivity index (χ2n) is 8.11. The lowest BCUT2D eigenvalue weighted by Crippen LogP contribution is -2.28. The Morgan fingerprint density at radius 1 is 1.26 bits per heavy atom. The van der Waals surface area contributed by atoms with Crippen molar-refractivity contribution < 1.29 is 14.6 Å². The van der Waals surface area contributed by atoms with E-state index < -0.39 is 0 Å². The number of aryl methyl sites for hydroxylation is 1. The van der Waals surface area contributed by atoms with Crippen molar-refractivity contribution in [3.8, 4) is 5.75 Å². The van der Waals surface area contributed by atoms with E-state index in [4.69, 9.17) is 17.0 Å². The van der Waals surface area contributed by atoms with Gasteiger partial charge in [0.15, 0.2) is 0 Å². The van der Waals surface area contributed by atoms with Crippen LogP contribution in [0.3, 0.4) is 0 Å². The Bertz CT molecular complexity index is 1360. The third kappa shape index (κ3) is 5.09. The predicted molar refractivity (Wildman–Crippen MR) is 143 cm³/mol. The van der Waals surface area contributed by atoms with E-state index in [1.165, 1.54) is 9.30 Å². The average molecular weight is 511 g/mol. The zero-order valence-electron chi connectivity index (χ0n) is 19.6. The molecule has 10 heteroatoms. The minimum absolute atomic E-state index is 0.116.